The smallest absolute Gasteiger partial charge is 0.407 e. The summed E-state index contributed by atoms with van der Waals surface area (Å²) in [4.78, 5) is 34.7. The summed E-state index contributed by atoms with van der Waals surface area (Å²) >= 11 is 0. The Morgan fingerprint density at radius 2 is 1.67 bits per heavy atom. The third-order valence-electron chi connectivity index (χ3n) is 4.38. The second-order valence-electron chi connectivity index (χ2n) is 6.01. The largest absolute Gasteiger partial charge is 0.480 e. The molecule has 1 unspecified atom stereocenters. The number of carbonyl (C=O) groups is 3. The molecule has 0 saturated carbocycles. The highest BCUT2D eigenvalue weighted by atomic mass is 16.5. The molecule has 0 fully saturated rings. The van der Waals surface area contributed by atoms with Gasteiger partial charge in [0.15, 0.2) is 0 Å². The van der Waals surface area contributed by atoms with Crippen LogP contribution in [0.15, 0.2) is 48.5 Å². The minimum absolute atomic E-state index is 0.498. The summed E-state index contributed by atoms with van der Waals surface area (Å²) in [5, 5.41) is 11.3. The Labute approximate surface area is 157 Å². The molecule has 0 aliphatic heterocycles. The van der Waals surface area contributed by atoms with Crippen LogP contribution in [0, 0.1) is 0 Å². The van der Waals surface area contributed by atoms with Gasteiger partial charge < -0.3 is 19.9 Å². The molecule has 0 aromatic heterocycles. The molecule has 1 amide bonds. The van der Waals surface area contributed by atoms with Gasteiger partial charge in [0.1, 0.15) is 12.6 Å². The van der Waals surface area contributed by atoms with Crippen molar-refractivity contribution in [1.29, 1.82) is 0 Å². The number of hydrogen-bond acceptors (Lipinski definition) is 5. The third kappa shape index (κ3) is 3.92. The van der Waals surface area contributed by atoms with Crippen molar-refractivity contribution in [2.45, 2.75) is 18.4 Å². The van der Waals surface area contributed by atoms with Crippen molar-refractivity contribution in [1.82, 2.24) is 5.32 Å². The molecule has 0 spiro atoms. The van der Waals surface area contributed by atoms with Crippen LogP contribution in [0.4, 0.5) is 4.79 Å². The van der Waals surface area contributed by atoms with Gasteiger partial charge in [0, 0.05) is 5.92 Å². The fourth-order valence-corrected chi connectivity index (χ4v) is 3.10. The Morgan fingerprint density at radius 1 is 1.11 bits per heavy atom. The maximum atomic E-state index is 12.2. The average Bonchev–Trinajstić information content (AvgIpc) is 3.01. The number of benzene rings is 2. The van der Waals surface area contributed by atoms with Crippen molar-refractivity contribution in [2.75, 3.05) is 13.7 Å². The summed E-state index contributed by atoms with van der Waals surface area (Å²) in [7, 11) is 1.12. The molecular formula is C20H19NO6. The number of carboxylic acid groups (broad SMARTS) is 1. The van der Waals surface area contributed by atoms with Crippen LogP contribution in [-0.2, 0) is 19.1 Å². The number of ether oxygens (including phenoxy) is 2. The summed E-state index contributed by atoms with van der Waals surface area (Å²) in [6.07, 6.45) is -1.63. The van der Waals surface area contributed by atoms with E-state index in [1.54, 1.807) is 0 Å². The van der Waals surface area contributed by atoms with E-state index in [9.17, 15) is 14.4 Å². The Hall–Kier alpha value is -3.35. The van der Waals surface area contributed by atoms with Crippen LogP contribution < -0.4 is 5.32 Å². The summed E-state index contributed by atoms with van der Waals surface area (Å²) in [6.45, 7) is -1.29. The lowest BCUT2D eigenvalue weighted by Crippen LogP contribution is -2.43. The van der Waals surface area contributed by atoms with Gasteiger partial charge in [-0.1, -0.05) is 48.5 Å². The van der Waals surface area contributed by atoms with Crippen LogP contribution in [0.25, 0.3) is 11.1 Å². The molecule has 7 heteroatoms. The number of carbonyl (C=O) groups excluding carboxylic acids is 2. The van der Waals surface area contributed by atoms with Gasteiger partial charge in [0.25, 0.3) is 0 Å². The van der Waals surface area contributed by atoms with Gasteiger partial charge in [-0.25, -0.2) is 9.59 Å². The van der Waals surface area contributed by atoms with Crippen molar-refractivity contribution < 1.29 is 30.3 Å². The van der Waals surface area contributed by atoms with E-state index in [1.807, 2.05) is 48.5 Å². The highest BCUT2D eigenvalue weighted by molar-refractivity contribution is 5.85. The molecule has 0 bridgehead atoms. The first-order valence-corrected chi connectivity index (χ1v) is 8.29. The number of hydrogen-bond donors (Lipinski definition) is 2. The molecule has 2 atom stereocenters. The molecule has 140 valence electrons. The van der Waals surface area contributed by atoms with E-state index in [0.717, 1.165) is 29.4 Å². The lowest BCUT2D eigenvalue weighted by molar-refractivity contribution is -0.147. The first-order valence-electron chi connectivity index (χ1n) is 8.87. The molecule has 2 aromatic carbocycles. The number of aliphatic carboxylic acids is 1. The molecule has 7 nitrogen and oxygen atoms in total. The molecule has 27 heavy (non-hydrogen) atoms. The zero-order valence-electron chi connectivity index (χ0n) is 15.5. The number of fused-ring (bicyclic) bond motifs is 3. The quantitative estimate of drug-likeness (QED) is 0.758. The van der Waals surface area contributed by atoms with E-state index in [2.05, 4.69) is 10.1 Å². The minimum atomic E-state index is -1.50. The normalized spacial score (nSPS) is 14.9. The van der Waals surface area contributed by atoms with Crippen molar-refractivity contribution in [3.05, 3.63) is 59.7 Å². The lowest BCUT2D eigenvalue weighted by atomic mass is 9.98. The SMILES string of the molecule is [2H]C(OC(=O)N[C@@H](CC(=O)OC)C(=O)O)C1c2ccccc2-c2ccccc21. The fourth-order valence-electron chi connectivity index (χ4n) is 3.10. The standard InChI is InChI=1S/C20H19NO6/c1-26-18(22)10-17(19(23)24)21-20(25)27-11-16-14-8-4-2-6-12(14)13-7-3-5-9-15(13)16/h2-9,16-17H,10-11H2,1H3,(H,21,25)(H,23,24)/t17-/m0/s1/i11D/t11?,17-. The van der Waals surface area contributed by atoms with Gasteiger partial charge in [-0.2, -0.15) is 0 Å². The lowest BCUT2D eigenvalue weighted by Gasteiger charge is -2.17. The van der Waals surface area contributed by atoms with Crippen LogP contribution in [0.1, 0.15) is 24.8 Å². The van der Waals surface area contributed by atoms with Crippen LogP contribution in [0.5, 0.6) is 0 Å². The molecule has 0 heterocycles. The van der Waals surface area contributed by atoms with Crippen LogP contribution in [0.3, 0.4) is 0 Å². The van der Waals surface area contributed by atoms with E-state index in [4.69, 9.17) is 11.2 Å². The third-order valence-corrected chi connectivity index (χ3v) is 4.38. The van der Waals surface area contributed by atoms with Gasteiger partial charge in [0.2, 0.25) is 0 Å². The summed E-state index contributed by atoms with van der Waals surface area (Å²) in [5.41, 5.74) is 3.67. The fraction of sp³-hybridized carbons (Fsp3) is 0.250. The van der Waals surface area contributed by atoms with Crippen LogP contribution >= 0.6 is 0 Å². The number of nitrogens with one attached hydrogen (secondary N) is 1. The molecule has 1 aliphatic rings. The van der Waals surface area contributed by atoms with E-state index in [1.165, 1.54) is 0 Å². The van der Waals surface area contributed by atoms with Gasteiger partial charge in [0.05, 0.1) is 14.9 Å². The Bertz CT molecular complexity index is 870. The predicted octanol–water partition coefficient (Wildman–Crippen LogP) is 2.54. The Balaban J connectivity index is 1.76. The van der Waals surface area contributed by atoms with Crippen molar-refractivity contribution in [3.8, 4) is 11.1 Å². The summed E-state index contributed by atoms with van der Waals surface area (Å²) in [6, 6.07) is 13.6. The number of methoxy groups -OCH3 is 1. The monoisotopic (exact) mass is 370 g/mol. The van der Waals surface area contributed by atoms with E-state index >= 15 is 0 Å². The number of esters is 1. The molecular weight excluding hydrogens is 350 g/mol. The van der Waals surface area contributed by atoms with Crippen molar-refractivity contribution >= 4 is 18.0 Å². The highest BCUT2D eigenvalue weighted by Crippen LogP contribution is 2.44. The summed E-state index contributed by atoms with van der Waals surface area (Å²) in [5.74, 6) is -2.68. The molecule has 1 aliphatic carbocycles. The second kappa shape index (κ2) is 7.90. The van der Waals surface area contributed by atoms with E-state index in [-0.39, 0.29) is 0 Å². The predicted molar refractivity (Wildman–Crippen MR) is 96.3 cm³/mol. The molecule has 3 rings (SSSR count). The van der Waals surface area contributed by atoms with E-state index in [0.29, 0.717) is 0 Å². The second-order valence-corrected chi connectivity index (χ2v) is 6.01. The number of rotatable bonds is 6. The molecule has 2 aromatic rings. The Morgan fingerprint density at radius 3 is 2.19 bits per heavy atom. The molecule has 0 saturated heterocycles. The van der Waals surface area contributed by atoms with Crippen molar-refractivity contribution in [2.24, 2.45) is 0 Å². The van der Waals surface area contributed by atoms with Crippen LogP contribution in [-0.4, -0.2) is 42.9 Å². The van der Waals surface area contributed by atoms with Gasteiger partial charge >= 0.3 is 18.0 Å². The van der Waals surface area contributed by atoms with Gasteiger partial charge in [-0.05, 0) is 22.3 Å². The van der Waals surface area contributed by atoms with Crippen molar-refractivity contribution in [3.63, 3.8) is 0 Å². The summed E-state index contributed by atoms with van der Waals surface area (Å²) < 4.78 is 17.9. The maximum Gasteiger partial charge on any atom is 0.407 e. The molecule has 2 N–H and O–H groups in total. The first kappa shape index (κ1) is 17.1. The van der Waals surface area contributed by atoms with E-state index < -0.39 is 43.0 Å². The number of amides is 1. The zero-order chi connectivity index (χ0) is 20.3. The average molecular weight is 370 g/mol. The topological polar surface area (TPSA) is 102 Å². The van der Waals surface area contributed by atoms with Crippen LogP contribution in [0.2, 0.25) is 0 Å². The number of carboxylic acids is 1. The van der Waals surface area contributed by atoms with Gasteiger partial charge in [-0.15, -0.1) is 0 Å². The Kier molecular flexibility index (Phi) is 5.00. The number of alkyl carbamates (subject to hydrolysis) is 1. The van der Waals surface area contributed by atoms with Gasteiger partial charge in [-0.3, -0.25) is 4.79 Å². The first-order chi connectivity index (χ1) is 13.4. The minimum Gasteiger partial charge on any atom is -0.480 e. The zero-order valence-corrected chi connectivity index (χ0v) is 14.5. The molecule has 0 radical (unpaired) electrons. The maximum absolute atomic E-state index is 12.2. The highest BCUT2D eigenvalue weighted by Gasteiger charge is 2.30.